The van der Waals surface area contributed by atoms with Crippen molar-refractivity contribution in [1.29, 1.82) is 0 Å². The SMILES string of the molecule is CCc1cccc2c(C(=O)COC(=O)c3c(COC)nc4ccccc4c3C)c[nH]c12. The normalized spacial score (nSPS) is 11.2. The fourth-order valence-corrected chi connectivity index (χ4v) is 3.98. The predicted octanol–water partition coefficient (Wildman–Crippen LogP) is 4.77. The number of esters is 1. The third kappa shape index (κ3) is 3.82. The minimum Gasteiger partial charge on any atom is -0.454 e. The molecular formula is C25H24N2O4. The van der Waals surface area contributed by atoms with Gasteiger partial charge in [-0.05, 0) is 30.5 Å². The second-order valence-electron chi connectivity index (χ2n) is 7.40. The second kappa shape index (κ2) is 8.70. The minimum absolute atomic E-state index is 0.173. The molecule has 6 heteroatoms. The second-order valence-corrected chi connectivity index (χ2v) is 7.40. The molecule has 0 unspecified atom stereocenters. The van der Waals surface area contributed by atoms with E-state index in [1.807, 2.05) is 49.4 Å². The van der Waals surface area contributed by atoms with Crippen molar-refractivity contribution >= 4 is 33.6 Å². The number of aromatic amines is 1. The Kier molecular flexibility index (Phi) is 5.82. The Morgan fingerprint density at radius 2 is 1.84 bits per heavy atom. The van der Waals surface area contributed by atoms with E-state index < -0.39 is 5.97 Å². The van der Waals surface area contributed by atoms with Gasteiger partial charge in [0.2, 0.25) is 5.78 Å². The lowest BCUT2D eigenvalue weighted by atomic mass is 10.0. The van der Waals surface area contributed by atoms with Gasteiger partial charge in [0.25, 0.3) is 0 Å². The zero-order valence-corrected chi connectivity index (χ0v) is 17.8. The average Bonchev–Trinajstić information content (AvgIpc) is 3.22. The van der Waals surface area contributed by atoms with Crippen LogP contribution in [0.3, 0.4) is 0 Å². The number of H-pyrrole nitrogens is 1. The number of aryl methyl sites for hydroxylation is 2. The third-order valence-electron chi connectivity index (χ3n) is 5.53. The predicted molar refractivity (Wildman–Crippen MR) is 119 cm³/mol. The van der Waals surface area contributed by atoms with Crippen LogP contribution in [0.2, 0.25) is 0 Å². The summed E-state index contributed by atoms with van der Waals surface area (Å²) in [6.45, 7) is 3.75. The first-order valence-corrected chi connectivity index (χ1v) is 10.2. The molecule has 158 valence electrons. The van der Waals surface area contributed by atoms with Crippen LogP contribution in [0.1, 0.15) is 44.5 Å². The average molecular weight is 416 g/mol. The van der Waals surface area contributed by atoms with Crippen molar-refractivity contribution in [2.75, 3.05) is 13.7 Å². The van der Waals surface area contributed by atoms with Crippen molar-refractivity contribution in [2.45, 2.75) is 26.9 Å². The molecule has 0 amide bonds. The van der Waals surface area contributed by atoms with Gasteiger partial charge in [0.1, 0.15) is 0 Å². The van der Waals surface area contributed by atoms with Crippen LogP contribution in [0, 0.1) is 6.92 Å². The summed E-state index contributed by atoms with van der Waals surface area (Å²) in [5.41, 5.74) is 4.98. The van der Waals surface area contributed by atoms with Gasteiger partial charge in [0.15, 0.2) is 6.61 Å². The Morgan fingerprint density at radius 1 is 1.06 bits per heavy atom. The first kappa shape index (κ1) is 20.8. The smallest absolute Gasteiger partial charge is 0.340 e. The number of carbonyl (C=O) groups is 2. The highest BCUT2D eigenvalue weighted by Gasteiger charge is 2.22. The molecule has 2 heterocycles. The van der Waals surface area contributed by atoms with Crippen LogP contribution in [0.25, 0.3) is 21.8 Å². The molecule has 4 rings (SSSR count). The summed E-state index contributed by atoms with van der Waals surface area (Å²) in [5, 5.41) is 1.70. The number of ketones is 1. The molecule has 4 aromatic rings. The number of hydrogen-bond acceptors (Lipinski definition) is 5. The summed E-state index contributed by atoms with van der Waals surface area (Å²) in [5.74, 6) is -0.835. The van der Waals surface area contributed by atoms with Gasteiger partial charge in [0, 0.05) is 35.2 Å². The van der Waals surface area contributed by atoms with Gasteiger partial charge in [-0.1, -0.05) is 43.3 Å². The van der Waals surface area contributed by atoms with Crippen LogP contribution in [0.5, 0.6) is 0 Å². The van der Waals surface area contributed by atoms with E-state index in [1.165, 1.54) is 0 Å². The van der Waals surface area contributed by atoms with E-state index in [4.69, 9.17) is 9.47 Å². The van der Waals surface area contributed by atoms with E-state index in [0.717, 1.165) is 39.4 Å². The fraction of sp³-hybridized carbons (Fsp3) is 0.240. The molecule has 0 radical (unpaired) electrons. The molecule has 0 aliphatic rings. The number of benzene rings is 2. The maximum absolute atomic E-state index is 13.0. The summed E-state index contributed by atoms with van der Waals surface area (Å²) in [6.07, 6.45) is 2.54. The minimum atomic E-state index is -0.578. The number of fused-ring (bicyclic) bond motifs is 2. The summed E-state index contributed by atoms with van der Waals surface area (Å²) in [7, 11) is 1.55. The molecule has 0 saturated carbocycles. The van der Waals surface area contributed by atoms with Crippen molar-refractivity contribution in [2.24, 2.45) is 0 Å². The van der Waals surface area contributed by atoms with Crippen LogP contribution in [0.4, 0.5) is 0 Å². The fourth-order valence-electron chi connectivity index (χ4n) is 3.98. The molecule has 1 N–H and O–H groups in total. The number of rotatable bonds is 7. The van der Waals surface area contributed by atoms with E-state index in [1.54, 1.807) is 13.3 Å². The van der Waals surface area contributed by atoms with Crippen molar-refractivity contribution in [3.8, 4) is 0 Å². The summed E-state index contributed by atoms with van der Waals surface area (Å²) in [4.78, 5) is 33.5. The molecule has 2 aromatic heterocycles. The van der Waals surface area contributed by atoms with E-state index in [9.17, 15) is 9.59 Å². The van der Waals surface area contributed by atoms with E-state index in [-0.39, 0.29) is 19.0 Å². The first-order chi connectivity index (χ1) is 15.0. The molecule has 0 bridgehead atoms. The van der Waals surface area contributed by atoms with Crippen molar-refractivity contribution in [3.63, 3.8) is 0 Å². The number of para-hydroxylation sites is 2. The zero-order valence-electron chi connectivity index (χ0n) is 17.8. The Labute approximate surface area is 180 Å². The number of Topliss-reactive ketones (excluding diaryl/α,β-unsaturated/α-hetero) is 1. The molecule has 0 saturated heterocycles. The highest BCUT2D eigenvalue weighted by atomic mass is 16.5. The lowest BCUT2D eigenvalue weighted by Gasteiger charge is -2.13. The molecule has 2 aromatic carbocycles. The maximum Gasteiger partial charge on any atom is 0.340 e. The molecule has 0 fully saturated rings. The number of hydrogen-bond donors (Lipinski definition) is 1. The van der Waals surface area contributed by atoms with Gasteiger partial charge < -0.3 is 14.5 Å². The van der Waals surface area contributed by atoms with Crippen LogP contribution < -0.4 is 0 Å². The monoisotopic (exact) mass is 416 g/mol. The topological polar surface area (TPSA) is 81.3 Å². The van der Waals surface area contributed by atoms with Crippen molar-refractivity contribution in [3.05, 3.63) is 76.6 Å². The number of methoxy groups -OCH3 is 1. The zero-order chi connectivity index (χ0) is 22.0. The number of nitrogens with one attached hydrogen (secondary N) is 1. The summed E-state index contributed by atoms with van der Waals surface area (Å²) >= 11 is 0. The lowest BCUT2D eigenvalue weighted by Crippen LogP contribution is -2.17. The first-order valence-electron chi connectivity index (χ1n) is 10.2. The molecule has 0 aliphatic carbocycles. The van der Waals surface area contributed by atoms with Crippen molar-refractivity contribution in [1.82, 2.24) is 9.97 Å². The number of aromatic nitrogens is 2. The van der Waals surface area contributed by atoms with E-state index >= 15 is 0 Å². The molecule has 0 spiro atoms. The number of pyridine rings is 1. The largest absolute Gasteiger partial charge is 0.454 e. The third-order valence-corrected chi connectivity index (χ3v) is 5.53. The van der Waals surface area contributed by atoms with Gasteiger partial charge in [-0.3, -0.25) is 4.79 Å². The Balaban J connectivity index is 1.60. The number of carbonyl (C=O) groups excluding carboxylic acids is 2. The Hall–Kier alpha value is -3.51. The van der Waals surface area contributed by atoms with Gasteiger partial charge in [-0.15, -0.1) is 0 Å². The van der Waals surface area contributed by atoms with Crippen LogP contribution in [0.15, 0.2) is 48.7 Å². The van der Waals surface area contributed by atoms with Crippen LogP contribution in [-0.2, 0) is 22.5 Å². The number of nitrogens with zero attached hydrogens (tertiary/aromatic N) is 1. The van der Waals surface area contributed by atoms with E-state index in [0.29, 0.717) is 16.8 Å². The number of ether oxygens (including phenoxy) is 2. The van der Waals surface area contributed by atoms with E-state index in [2.05, 4.69) is 16.9 Å². The Bertz CT molecular complexity index is 1290. The maximum atomic E-state index is 13.0. The summed E-state index contributed by atoms with van der Waals surface area (Å²) in [6, 6.07) is 13.4. The van der Waals surface area contributed by atoms with Crippen molar-refractivity contribution < 1.29 is 19.1 Å². The summed E-state index contributed by atoms with van der Waals surface area (Å²) < 4.78 is 10.7. The molecule has 31 heavy (non-hydrogen) atoms. The molecule has 6 nitrogen and oxygen atoms in total. The van der Waals surface area contributed by atoms with Crippen LogP contribution >= 0.6 is 0 Å². The lowest BCUT2D eigenvalue weighted by molar-refractivity contribution is 0.0470. The van der Waals surface area contributed by atoms with Crippen LogP contribution in [-0.4, -0.2) is 35.4 Å². The van der Waals surface area contributed by atoms with Gasteiger partial charge in [-0.25, -0.2) is 9.78 Å². The Morgan fingerprint density at radius 3 is 2.61 bits per heavy atom. The highest BCUT2D eigenvalue weighted by molar-refractivity contribution is 6.10. The van der Waals surface area contributed by atoms with Gasteiger partial charge in [0.05, 0.1) is 23.4 Å². The quantitative estimate of drug-likeness (QED) is 0.347. The molecule has 0 atom stereocenters. The highest BCUT2D eigenvalue weighted by Crippen LogP contribution is 2.25. The molecule has 0 aliphatic heterocycles. The van der Waals surface area contributed by atoms with Gasteiger partial charge in [-0.2, -0.15) is 0 Å². The standard InChI is InChI=1S/C25H24N2O4/c1-4-16-8-7-10-18-19(12-26-24(16)18)22(28)14-31-25(29)23-15(2)17-9-5-6-11-20(17)27-21(23)13-30-3/h5-12,26H,4,13-14H2,1-3H3. The molecular weight excluding hydrogens is 392 g/mol. The van der Waals surface area contributed by atoms with Gasteiger partial charge >= 0.3 is 5.97 Å².